The highest BCUT2D eigenvalue weighted by Crippen LogP contribution is 2.20. The van der Waals surface area contributed by atoms with Crippen molar-refractivity contribution in [2.24, 2.45) is 0 Å². The molecule has 0 N–H and O–H groups in total. The summed E-state index contributed by atoms with van der Waals surface area (Å²) in [6.45, 7) is 4.02. The molecule has 2 aliphatic rings. The number of nitrogens with zero attached hydrogens (tertiary/aromatic N) is 3. The summed E-state index contributed by atoms with van der Waals surface area (Å²) in [6.07, 6.45) is 9.17. The van der Waals surface area contributed by atoms with Crippen LogP contribution in [0.5, 0.6) is 0 Å². The Kier molecular flexibility index (Phi) is 7.25. The molecule has 0 spiro atoms. The first kappa shape index (κ1) is 19.4. The molecule has 24 heavy (non-hydrogen) atoms. The van der Waals surface area contributed by atoms with Crippen molar-refractivity contribution in [2.75, 3.05) is 52.6 Å². The third kappa shape index (κ3) is 6.18. The van der Waals surface area contributed by atoms with Gasteiger partial charge in [-0.25, -0.2) is 12.7 Å². The summed E-state index contributed by atoms with van der Waals surface area (Å²) < 4.78 is 25.5. The lowest BCUT2D eigenvalue weighted by Gasteiger charge is -2.33. The van der Waals surface area contributed by atoms with Gasteiger partial charge in [-0.2, -0.15) is 0 Å². The second-order valence-electron chi connectivity index (χ2n) is 6.95. The largest absolute Gasteiger partial charge is 0.340 e. The van der Waals surface area contributed by atoms with Crippen molar-refractivity contribution in [1.29, 1.82) is 0 Å². The number of allylic oxidation sites excluding steroid dienone is 1. The molecule has 0 unspecified atom stereocenters. The van der Waals surface area contributed by atoms with Gasteiger partial charge in [0.15, 0.2) is 0 Å². The van der Waals surface area contributed by atoms with Crippen LogP contribution >= 0.6 is 0 Å². The summed E-state index contributed by atoms with van der Waals surface area (Å²) in [7, 11) is -1.22. The molecule has 1 saturated heterocycles. The maximum atomic E-state index is 12.3. The molecule has 0 bridgehead atoms. The molecule has 1 amide bonds. The van der Waals surface area contributed by atoms with E-state index in [4.69, 9.17) is 0 Å². The van der Waals surface area contributed by atoms with Gasteiger partial charge in [0.2, 0.25) is 15.9 Å². The van der Waals surface area contributed by atoms with Gasteiger partial charge >= 0.3 is 0 Å². The number of hydrogen-bond donors (Lipinski definition) is 0. The van der Waals surface area contributed by atoms with Gasteiger partial charge in [0.25, 0.3) is 0 Å². The van der Waals surface area contributed by atoms with Crippen molar-refractivity contribution in [1.82, 2.24) is 14.1 Å². The number of rotatable bonds is 7. The van der Waals surface area contributed by atoms with E-state index in [1.165, 1.54) is 29.0 Å². The number of amides is 1. The molecule has 0 radical (unpaired) electrons. The van der Waals surface area contributed by atoms with Gasteiger partial charge in [0, 0.05) is 45.7 Å². The summed E-state index contributed by atoms with van der Waals surface area (Å²) in [6, 6.07) is 0. The van der Waals surface area contributed by atoms with Gasteiger partial charge in [-0.3, -0.25) is 4.79 Å². The predicted molar refractivity (Wildman–Crippen MR) is 96.3 cm³/mol. The summed E-state index contributed by atoms with van der Waals surface area (Å²) >= 11 is 0. The van der Waals surface area contributed by atoms with Gasteiger partial charge < -0.3 is 9.80 Å². The van der Waals surface area contributed by atoms with Crippen LogP contribution in [0.3, 0.4) is 0 Å². The van der Waals surface area contributed by atoms with Crippen LogP contribution in [0.1, 0.15) is 38.5 Å². The van der Waals surface area contributed by atoms with Crippen LogP contribution in [-0.4, -0.2) is 81.0 Å². The van der Waals surface area contributed by atoms with E-state index in [-0.39, 0.29) is 18.9 Å². The van der Waals surface area contributed by atoms with Crippen molar-refractivity contribution >= 4 is 15.9 Å². The summed E-state index contributed by atoms with van der Waals surface area (Å²) in [5.41, 5.74) is 1.36. The van der Waals surface area contributed by atoms with E-state index in [2.05, 4.69) is 11.0 Å². The lowest BCUT2D eigenvalue weighted by atomic mass is 9.97. The highest BCUT2D eigenvalue weighted by atomic mass is 32.2. The Bertz CT molecular complexity index is 551. The third-order valence-electron chi connectivity index (χ3n) is 4.97. The molecule has 0 aromatic carbocycles. The molecule has 2 rings (SSSR count). The topological polar surface area (TPSA) is 60.9 Å². The maximum Gasteiger partial charge on any atom is 0.223 e. The highest BCUT2D eigenvalue weighted by Gasteiger charge is 2.22. The van der Waals surface area contributed by atoms with Crippen molar-refractivity contribution in [2.45, 2.75) is 38.5 Å². The summed E-state index contributed by atoms with van der Waals surface area (Å²) in [4.78, 5) is 16.4. The molecule has 0 aromatic heterocycles. The third-order valence-corrected chi connectivity index (χ3v) is 6.27. The first-order valence-electron chi connectivity index (χ1n) is 8.95. The van der Waals surface area contributed by atoms with Crippen LogP contribution in [0.15, 0.2) is 11.6 Å². The number of hydrogen-bond acceptors (Lipinski definition) is 4. The molecular formula is C17H31N3O3S. The van der Waals surface area contributed by atoms with Crippen LogP contribution in [0, 0.1) is 0 Å². The summed E-state index contributed by atoms with van der Waals surface area (Å²) in [5.74, 6) is 0.0635. The molecule has 0 saturated carbocycles. The number of carbonyl (C=O) groups is 1. The van der Waals surface area contributed by atoms with Crippen LogP contribution in [0.25, 0.3) is 0 Å². The number of likely N-dealkylation sites (N-methyl/N-ethyl adjacent to an activating group) is 1. The van der Waals surface area contributed by atoms with Crippen LogP contribution < -0.4 is 0 Å². The second-order valence-corrected chi connectivity index (χ2v) is 8.94. The minimum Gasteiger partial charge on any atom is -0.340 e. The molecule has 7 heteroatoms. The van der Waals surface area contributed by atoms with Gasteiger partial charge in [-0.15, -0.1) is 0 Å². The molecule has 1 aliphatic heterocycles. The van der Waals surface area contributed by atoms with E-state index in [0.29, 0.717) is 6.54 Å². The normalized spacial score (nSPS) is 20.3. The first-order chi connectivity index (χ1) is 11.4. The second kappa shape index (κ2) is 8.97. The fourth-order valence-electron chi connectivity index (χ4n) is 3.28. The SMILES string of the molecule is CN1CCN(C(=O)CCN(CCC2=CCCCC2)S(C)(=O)=O)CC1. The Morgan fingerprint density at radius 1 is 1.17 bits per heavy atom. The molecule has 0 atom stereocenters. The smallest absolute Gasteiger partial charge is 0.223 e. The quantitative estimate of drug-likeness (QED) is 0.645. The first-order valence-corrected chi connectivity index (χ1v) is 10.8. The Labute approximate surface area is 146 Å². The van der Waals surface area contributed by atoms with Gasteiger partial charge in [-0.05, 0) is 39.2 Å². The monoisotopic (exact) mass is 357 g/mol. The Balaban J connectivity index is 1.82. The number of piperazine rings is 1. The van der Waals surface area contributed by atoms with Gasteiger partial charge in [0.05, 0.1) is 6.26 Å². The van der Waals surface area contributed by atoms with Crippen LogP contribution in [-0.2, 0) is 14.8 Å². The van der Waals surface area contributed by atoms with Gasteiger partial charge in [0.1, 0.15) is 0 Å². The van der Waals surface area contributed by atoms with E-state index >= 15 is 0 Å². The zero-order valence-corrected chi connectivity index (χ0v) is 15.9. The van der Waals surface area contributed by atoms with E-state index < -0.39 is 10.0 Å². The molecular weight excluding hydrogens is 326 g/mol. The van der Waals surface area contributed by atoms with Crippen LogP contribution in [0.2, 0.25) is 0 Å². The van der Waals surface area contributed by atoms with Crippen LogP contribution in [0.4, 0.5) is 0 Å². The van der Waals surface area contributed by atoms with E-state index in [0.717, 1.165) is 45.4 Å². The Hall–Kier alpha value is -0.920. The molecule has 138 valence electrons. The number of carbonyl (C=O) groups excluding carboxylic acids is 1. The Morgan fingerprint density at radius 2 is 1.88 bits per heavy atom. The van der Waals surface area contributed by atoms with Crippen molar-refractivity contribution in [3.05, 3.63) is 11.6 Å². The minimum atomic E-state index is -3.27. The van der Waals surface area contributed by atoms with E-state index in [1.54, 1.807) is 0 Å². The molecule has 1 aliphatic carbocycles. The Morgan fingerprint density at radius 3 is 2.46 bits per heavy atom. The average Bonchev–Trinajstić information content (AvgIpc) is 2.55. The fraction of sp³-hybridized carbons (Fsp3) is 0.824. The molecule has 0 aromatic rings. The minimum absolute atomic E-state index is 0.0635. The van der Waals surface area contributed by atoms with Crippen molar-refractivity contribution in [3.8, 4) is 0 Å². The standard InChI is InChI=1S/C17H31N3O3S/c1-18-12-14-19(15-13-18)17(21)9-11-20(24(2,22)23)10-8-16-6-4-3-5-7-16/h6H,3-5,7-15H2,1-2H3. The van der Waals surface area contributed by atoms with Crippen molar-refractivity contribution < 1.29 is 13.2 Å². The zero-order valence-electron chi connectivity index (χ0n) is 15.0. The van der Waals surface area contributed by atoms with Crippen molar-refractivity contribution in [3.63, 3.8) is 0 Å². The van der Waals surface area contributed by atoms with E-state index in [9.17, 15) is 13.2 Å². The van der Waals surface area contributed by atoms with E-state index in [1.807, 2.05) is 11.9 Å². The van der Waals surface area contributed by atoms with Gasteiger partial charge in [-0.1, -0.05) is 11.6 Å². The lowest BCUT2D eigenvalue weighted by molar-refractivity contribution is -0.132. The molecule has 6 nitrogen and oxygen atoms in total. The lowest BCUT2D eigenvalue weighted by Crippen LogP contribution is -2.48. The molecule has 1 heterocycles. The predicted octanol–water partition coefficient (Wildman–Crippen LogP) is 1.30. The molecule has 1 fully saturated rings. The summed E-state index contributed by atoms with van der Waals surface area (Å²) in [5, 5.41) is 0. The zero-order chi connectivity index (χ0) is 17.6. The fourth-order valence-corrected chi connectivity index (χ4v) is 4.12. The highest BCUT2D eigenvalue weighted by molar-refractivity contribution is 7.88. The number of sulfonamides is 1. The average molecular weight is 358 g/mol. The maximum absolute atomic E-state index is 12.3.